The molecular formula is C31H35N7O9. The molecule has 16 heteroatoms. The summed E-state index contributed by atoms with van der Waals surface area (Å²) in [5.41, 5.74) is 13.0. The average molecular weight is 650 g/mol. The molecule has 7 rings (SSSR count). The molecule has 1 aromatic heterocycles. The van der Waals surface area contributed by atoms with Crippen LogP contribution in [0.2, 0.25) is 0 Å². The summed E-state index contributed by atoms with van der Waals surface area (Å²) in [6.45, 7) is 6.76. The number of nitrogens with two attached hydrogens (primary N) is 2. The number of primary amides is 1. The third-order valence-corrected chi connectivity index (χ3v) is 9.61. The summed E-state index contributed by atoms with van der Waals surface area (Å²) in [5, 5.41) is 14.2. The molecule has 47 heavy (non-hydrogen) atoms. The first kappa shape index (κ1) is 31.9. The van der Waals surface area contributed by atoms with E-state index in [-0.39, 0.29) is 70.4 Å². The van der Waals surface area contributed by atoms with Crippen LogP contribution in [-0.2, 0) is 39.9 Å². The second-order valence-electron chi connectivity index (χ2n) is 12.2. The zero-order chi connectivity index (χ0) is 34.3. The molecule has 7 N–H and O–H groups in total. The molecule has 0 bridgehead atoms. The van der Waals surface area contributed by atoms with Crippen LogP contribution in [-0.4, -0.2) is 88.6 Å². The normalized spacial score (nSPS) is 28.3. The molecule has 2 fully saturated rings. The second-order valence-corrected chi connectivity index (χ2v) is 12.2. The zero-order valence-electron chi connectivity index (χ0n) is 26.4. The third kappa shape index (κ3) is 4.61. The fraction of sp³-hybridized carbons (Fsp3) is 0.452. The van der Waals surface area contributed by atoms with Gasteiger partial charge in [0.05, 0.1) is 46.2 Å². The van der Waals surface area contributed by atoms with Crippen molar-refractivity contribution in [1.82, 2.24) is 20.1 Å². The van der Waals surface area contributed by atoms with Gasteiger partial charge in [0.1, 0.15) is 12.7 Å². The molecule has 248 valence electrons. The highest BCUT2D eigenvalue weighted by Crippen LogP contribution is 2.55. The average Bonchev–Trinajstić information content (AvgIpc) is 3.27. The SMILES string of the molecule is CC(=O)NC1=C(C)C(=O)c2c(cc3n2CCC3OC(C)=O)C1=N.CO[C@@]12[C@H](COC(N)=O)C3=C(C(=O)C(C)=C(N)C3=O)N1C[C@@H]1N[C@@H]12. The van der Waals surface area contributed by atoms with E-state index in [2.05, 4.69) is 10.6 Å². The summed E-state index contributed by atoms with van der Waals surface area (Å²) in [6, 6.07) is 1.82. The zero-order valence-corrected chi connectivity index (χ0v) is 26.4. The van der Waals surface area contributed by atoms with Gasteiger partial charge in [0.25, 0.3) is 0 Å². The van der Waals surface area contributed by atoms with E-state index in [0.717, 1.165) is 5.69 Å². The van der Waals surface area contributed by atoms with Crippen molar-refractivity contribution in [3.63, 3.8) is 0 Å². The fourth-order valence-electron chi connectivity index (χ4n) is 7.48. The number of esters is 1. The minimum absolute atomic E-state index is 0.0586. The van der Waals surface area contributed by atoms with Crippen LogP contribution in [0.3, 0.4) is 0 Å². The predicted octanol–water partition coefficient (Wildman–Crippen LogP) is -0.181. The lowest BCUT2D eigenvalue weighted by atomic mass is 9.82. The van der Waals surface area contributed by atoms with Crippen molar-refractivity contribution < 1.29 is 43.0 Å². The number of methoxy groups -OCH3 is 1. The Labute approximate surface area is 268 Å². The van der Waals surface area contributed by atoms with E-state index in [1.807, 2.05) is 9.47 Å². The van der Waals surface area contributed by atoms with Gasteiger partial charge in [0.15, 0.2) is 5.72 Å². The van der Waals surface area contributed by atoms with Crippen molar-refractivity contribution in [3.05, 3.63) is 56.8 Å². The van der Waals surface area contributed by atoms with E-state index >= 15 is 0 Å². The van der Waals surface area contributed by atoms with E-state index in [1.165, 1.54) is 27.9 Å². The van der Waals surface area contributed by atoms with Gasteiger partial charge in [-0.15, -0.1) is 0 Å². The number of hydrogen-bond donors (Lipinski definition) is 5. The van der Waals surface area contributed by atoms with Crippen LogP contribution in [0.15, 0.2) is 39.9 Å². The van der Waals surface area contributed by atoms with Crippen LogP contribution in [0.4, 0.5) is 4.79 Å². The Kier molecular flexibility index (Phi) is 7.47. The minimum atomic E-state index is -0.957. The van der Waals surface area contributed by atoms with Crippen LogP contribution < -0.4 is 22.1 Å². The van der Waals surface area contributed by atoms with Gasteiger partial charge in [-0.3, -0.25) is 29.4 Å². The lowest BCUT2D eigenvalue weighted by Gasteiger charge is -2.39. The van der Waals surface area contributed by atoms with Gasteiger partial charge in [0, 0.05) is 68.8 Å². The summed E-state index contributed by atoms with van der Waals surface area (Å²) in [7, 11) is 1.52. The molecule has 6 aliphatic rings. The maximum atomic E-state index is 12.8. The summed E-state index contributed by atoms with van der Waals surface area (Å²) in [6.07, 6.45) is -0.734. The number of ketones is 3. The Balaban J connectivity index is 0.000000165. The standard InChI is InChI=1S/C16H17N3O4.C15H18N4O5/c1-7-14(18-8(2)20)13(17)10-6-11-12(23-9(3)21)4-5-19(11)15(10)16(7)22;1-5-9(16)12(21)8-6(4-24-14(17)22)15(23-2)13-7(18-13)3-19(15)10(8)11(5)20/h6,12,17H,4-5H2,1-3H3,(H,18,20);6-7,13,18H,3-4,16H2,1-2H3,(H2,17,22)/t;6-,7+,13+,15-/m.1/s1. The molecule has 0 radical (unpaired) electrons. The van der Waals surface area contributed by atoms with E-state index in [0.29, 0.717) is 42.0 Å². The number of carbonyl (C=O) groups is 6. The van der Waals surface area contributed by atoms with Crippen LogP contribution in [0.25, 0.3) is 0 Å². The number of amides is 2. The van der Waals surface area contributed by atoms with Crippen LogP contribution in [0.5, 0.6) is 0 Å². The highest BCUT2D eigenvalue weighted by molar-refractivity contribution is 6.28. The van der Waals surface area contributed by atoms with Crippen LogP contribution >= 0.6 is 0 Å². The predicted molar refractivity (Wildman–Crippen MR) is 161 cm³/mol. The number of nitrogens with one attached hydrogen (secondary N) is 3. The van der Waals surface area contributed by atoms with E-state index in [4.69, 9.17) is 31.1 Å². The number of piperazine rings is 1. The molecule has 4 aliphatic heterocycles. The van der Waals surface area contributed by atoms with Gasteiger partial charge >= 0.3 is 12.1 Å². The number of ether oxygens (including phenoxy) is 3. The number of aromatic nitrogens is 1. The molecule has 1 aromatic rings. The first-order valence-corrected chi connectivity index (χ1v) is 15.0. The first-order chi connectivity index (χ1) is 22.1. The minimum Gasteiger partial charge on any atom is -0.456 e. The summed E-state index contributed by atoms with van der Waals surface area (Å²) in [4.78, 5) is 73.6. The van der Waals surface area contributed by atoms with Crippen LogP contribution in [0.1, 0.15) is 62.0 Å². The maximum Gasteiger partial charge on any atom is 0.404 e. The topological polar surface area (TPSA) is 248 Å². The largest absolute Gasteiger partial charge is 0.456 e. The molecule has 5 atom stereocenters. The molecule has 2 aliphatic carbocycles. The smallest absolute Gasteiger partial charge is 0.404 e. The number of Topliss-reactive ketones (excluding diaryl/α,β-unsaturated/α-hetero) is 3. The highest BCUT2D eigenvalue weighted by Gasteiger charge is 2.72. The quantitative estimate of drug-likeness (QED) is 0.158. The van der Waals surface area contributed by atoms with Gasteiger partial charge in [-0.05, 0) is 19.9 Å². The van der Waals surface area contributed by atoms with E-state index in [9.17, 15) is 28.8 Å². The molecule has 1 unspecified atom stereocenters. The Morgan fingerprint density at radius 3 is 2.45 bits per heavy atom. The number of allylic oxidation sites excluding steroid dienone is 4. The summed E-state index contributed by atoms with van der Waals surface area (Å²) < 4.78 is 17.9. The van der Waals surface area contributed by atoms with Gasteiger partial charge in [0.2, 0.25) is 23.3 Å². The van der Waals surface area contributed by atoms with Gasteiger partial charge in [-0.25, -0.2) is 4.79 Å². The molecule has 0 spiro atoms. The van der Waals surface area contributed by atoms with Crippen molar-refractivity contribution in [2.75, 3.05) is 20.3 Å². The van der Waals surface area contributed by atoms with Crippen molar-refractivity contribution in [2.24, 2.45) is 17.4 Å². The van der Waals surface area contributed by atoms with Crippen LogP contribution in [0, 0.1) is 11.3 Å². The summed E-state index contributed by atoms with van der Waals surface area (Å²) in [5.74, 6) is -2.26. The number of fused-ring (bicyclic) bond motifs is 7. The number of rotatable bonds is 5. The van der Waals surface area contributed by atoms with E-state index in [1.54, 1.807) is 13.0 Å². The number of nitrogens with zero attached hydrogens (tertiary/aromatic N) is 2. The van der Waals surface area contributed by atoms with Gasteiger partial charge < -0.3 is 45.8 Å². The molecule has 2 saturated heterocycles. The molecule has 2 amide bonds. The lowest BCUT2D eigenvalue weighted by Crippen LogP contribution is -2.55. The maximum absolute atomic E-state index is 12.8. The van der Waals surface area contributed by atoms with E-state index < -0.39 is 29.6 Å². The second kappa shape index (κ2) is 11.0. The van der Waals surface area contributed by atoms with Crippen molar-refractivity contribution in [1.29, 1.82) is 5.41 Å². The van der Waals surface area contributed by atoms with Crippen molar-refractivity contribution in [3.8, 4) is 0 Å². The Hall–Kier alpha value is -5.09. The molecular weight excluding hydrogens is 614 g/mol. The molecule has 5 heterocycles. The molecule has 16 nitrogen and oxygen atoms in total. The Morgan fingerprint density at radius 1 is 1.13 bits per heavy atom. The lowest BCUT2D eigenvalue weighted by molar-refractivity contribution is -0.146. The number of carbonyl (C=O) groups excluding carboxylic acids is 6. The Bertz CT molecular complexity index is 1820. The molecule has 0 saturated carbocycles. The van der Waals surface area contributed by atoms with Crippen molar-refractivity contribution in [2.45, 2.75) is 64.6 Å². The third-order valence-electron chi connectivity index (χ3n) is 9.61. The van der Waals surface area contributed by atoms with Crippen molar-refractivity contribution >= 4 is 41.0 Å². The first-order valence-electron chi connectivity index (χ1n) is 15.0. The number of hydrogen-bond acceptors (Lipinski definition) is 13. The van der Waals surface area contributed by atoms with Gasteiger partial charge in [-0.2, -0.15) is 0 Å². The fourth-order valence-corrected chi connectivity index (χ4v) is 7.48. The van der Waals surface area contributed by atoms with Gasteiger partial charge in [-0.1, -0.05) is 0 Å². The Morgan fingerprint density at radius 2 is 1.83 bits per heavy atom. The summed E-state index contributed by atoms with van der Waals surface area (Å²) >= 11 is 0. The highest BCUT2D eigenvalue weighted by atomic mass is 16.6. The monoisotopic (exact) mass is 649 g/mol. The molecule has 0 aromatic carbocycles.